The van der Waals surface area contributed by atoms with Crippen LogP contribution >= 0.6 is 0 Å². The zero-order valence-corrected chi connectivity index (χ0v) is 11.6. The molecule has 2 heterocycles. The van der Waals surface area contributed by atoms with Crippen LogP contribution in [0.15, 0.2) is 24.3 Å². The van der Waals surface area contributed by atoms with Gasteiger partial charge in [-0.2, -0.15) is 10.4 Å². The van der Waals surface area contributed by atoms with E-state index in [0.717, 1.165) is 23.7 Å². The maximum atomic E-state index is 9.17. The summed E-state index contributed by atoms with van der Waals surface area (Å²) in [4.78, 5) is 0. The standard InChI is InChI=1S/C15H16N4O/c1-10-13(8-16)15(19(2)18-10)17-9-12-7-11-5-3-4-6-14(11)20-12/h3-6,12,17H,7,9H2,1-2H3. The Kier molecular flexibility index (Phi) is 3.07. The molecule has 1 unspecified atom stereocenters. The molecule has 2 aromatic rings. The molecule has 0 radical (unpaired) electrons. The summed E-state index contributed by atoms with van der Waals surface area (Å²) in [6.07, 6.45) is 0.983. The van der Waals surface area contributed by atoms with Gasteiger partial charge in [-0.1, -0.05) is 18.2 Å². The fourth-order valence-electron chi connectivity index (χ4n) is 2.57. The van der Waals surface area contributed by atoms with Crippen molar-refractivity contribution in [1.82, 2.24) is 9.78 Å². The largest absolute Gasteiger partial charge is 0.488 e. The molecule has 0 bridgehead atoms. The third-order valence-electron chi connectivity index (χ3n) is 3.55. The third kappa shape index (κ3) is 2.10. The Morgan fingerprint density at radius 2 is 2.30 bits per heavy atom. The molecule has 102 valence electrons. The summed E-state index contributed by atoms with van der Waals surface area (Å²) in [6.45, 7) is 2.49. The van der Waals surface area contributed by atoms with Gasteiger partial charge in [0.1, 0.15) is 29.3 Å². The van der Waals surface area contributed by atoms with Crippen molar-refractivity contribution in [3.05, 3.63) is 41.1 Å². The first-order chi connectivity index (χ1) is 9.69. The van der Waals surface area contributed by atoms with E-state index in [0.29, 0.717) is 12.1 Å². The average molecular weight is 268 g/mol. The van der Waals surface area contributed by atoms with E-state index in [-0.39, 0.29) is 6.10 Å². The summed E-state index contributed by atoms with van der Waals surface area (Å²) < 4.78 is 7.58. The second-order valence-corrected chi connectivity index (χ2v) is 4.98. The molecule has 0 saturated carbocycles. The Labute approximate surface area is 117 Å². The summed E-state index contributed by atoms with van der Waals surface area (Å²) in [5.74, 6) is 1.71. The molecule has 1 aliphatic rings. The van der Waals surface area contributed by atoms with Crippen molar-refractivity contribution in [2.75, 3.05) is 11.9 Å². The number of nitrogens with one attached hydrogen (secondary N) is 1. The van der Waals surface area contributed by atoms with Crippen LogP contribution in [0.4, 0.5) is 5.82 Å². The van der Waals surface area contributed by atoms with Crippen molar-refractivity contribution in [2.45, 2.75) is 19.4 Å². The van der Waals surface area contributed by atoms with E-state index < -0.39 is 0 Å². The first-order valence-corrected chi connectivity index (χ1v) is 6.61. The third-order valence-corrected chi connectivity index (χ3v) is 3.55. The number of anilines is 1. The lowest BCUT2D eigenvalue weighted by Gasteiger charge is -2.13. The van der Waals surface area contributed by atoms with Gasteiger partial charge in [-0.3, -0.25) is 4.68 Å². The Balaban J connectivity index is 1.69. The van der Waals surface area contributed by atoms with Gasteiger partial charge in [0.2, 0.25) is 0 Å². The van der Waals surface area contributed by atoms with Crippen LogP contribution in [0.1, 0.15) is 16.8 Å². The quantitative estimate of drug-likeness (QED) is 0.925. The molecule has 5 nitrogen and oxygen atoms in total. The number of aryl methyl sites for hydroxylation is 2. The normalized spacial score (nSPS) is 16.4. The predicted octanol–water partition coefficient (Wildman–Crippen LogP) is 2.02. The number of hydrogen-bond acceptors (Lipinski definition) is 4. The fraction of sp³-hybridized carbons (Fsp3) is 0.333. The monoisotopic (exact) mass is 268 g/mol. The number of nitrogens with zero attached hydrogens (tertiary/aromatic N) is 3. The van der Waals surface area contributed by atoms with E-state index >= 15 is 0 Å². The lowest BCUT2D eigenvalue weighted by atomic mass is 10.1. The first-order valence-electron chi connectivity index (χ1n) is 6.61. The van der Waals surface area contributed by atoms with E-state index in [1.807, 2.05) is 32.2 Å². The van der Waals surface area contributed by atoms with Gasteiger partial charge in [0, 0.05) is 13.5 Å². The van der Waals surface area contributed by atoms with Crippen LogP contribution in [-0.4, -0.2) is 22.4 Å². The van der Waals surface area contributed by atoms with Crippen LogP contribution in [-0.2, 0) is 13.5 Å². The van der Waals surface area contributed by atoms with Gasteiger partial charge >= 0.3 is 0 Å². The van der Waals surface area contributed by atoms with Crippen LogP contribution in [0.2, 0.25) is 0 Å². The number of para-hydroxylation sites is 1. The van der Waals surface area contributed by atoms with Crippen molar-refractivity contribution < 1.29 is 4.74 Å². The predicted molar refractivity (Wildman–Crippen MR) is 75.7 cm³/mol. The summed E-state index contributed by atoms with van der Waals surface area (Å²) >= 11 is 0. The first kappa shape index (κ1) is 12.5. The molecule has 0 amide bonds. The number of nitriles is 1. The summed E-state index contributed by atoms with van der Waals surface area (Å²) in [6, 6.07) is 10.3. The highest BCUT2D eigenvalue weighted by Gasteiger charge is 2.23. The van der Waals surface area contributed by atoms with Crippen molar-refractivity contribution >= 4 is 5.82 Å². The summed E-state index contributed by atoms with van der Waals surface area (Å²) in [5.41, 5.74) is 2.58. The van der Waals surface area contributed by atoms with Gasteiger partial charge in [-0.15, -0.1) is 0 Å². The Morgan fingerprint density at radius 3 is 3.05 bits per heavy atom. The molecule has 20 heavy (non-hydrogen) atoms. The fourth-order valence-corrected chi connectivity index (χ4v) is 2.57. The Bertz CT molecular complexity index is 659. The van der Waals surface area contributed by atoms with E-state index in [4.69, 9.17) is 4.74 Å². The maximum Gasteiger partial charge on any atom is 0.142 e. The Hall–Kier alpha value is -2.48. The number of aromatic nitrogens is 2. The zero-order valence-electron chi connectivity index (χ0n) is 11.6. The van der Waals surface area contributed by atoms with Crippen LogP contribution in [0, 0.1) is 18.3 Å². The highest BCUT2D eigenvalue weighted by molar-refractivity contribution is 5.55. The van der Waals surface area contributed by atoms with Crippen LogP contribution in [0.25, 0.3) is 0 Å². The summed E-state index contributed by atoms with van der Waals surface area (Å²) in [7, 11) is 1.83. The molecule has 1 N–H and O–H groups in total. The van der Waals surface area contributed by atoms with Crippen molar-refractivity contribution in [3.8, 4) is 11.8 Å². The number of fused-ring (bicyclic) bond motifs is 1. The molecule has 1 aliphatic heterocycles. The van der Waals surface area contributed by atoms with Gasteiger partial charge in [-0.05, 0) is 18.6 Å². The molecule has 3 rings (SSSR count). The second-order valence-electron chi connectivity index (χ2n) is 4.98. The van der Waals surface area contributed by atoms with Gasteiger partial charge in [0.25, 0.3) is 0 Å². The smallest absolute Gasteiger partial charge is 0.142 e. The highest BCUT2D eigenvalue weighted by Crippen LogP contribution is 2.28. The van der Waals surface area contributed by atoms with Gasteiger partial charge < -0.3 is 10.1 Å². The molecule has 0 saturated heterocycles. The Morgan fingerprint density at radius 1 is 1.50 bits per heavy atom. The van der Waals surface area contributed by atoms with Gasteiger partial charge in [0.15, 0.2) is 0 Å². The molecular weight excluding hydrogens is 252 g/mol. The van der Waals surface area contributed by atoms with E-state index in [1.54, 1.807) is 4.68 Å². The maximum absolute atomic E-state index is 9.17. The van der Waals surface area contributed by atoms with E-state index in [1.165, 1.54) is 5.56 Å². The minimum atomic E-state index is 0.0918. The molecule has 0 spiro atoms. The number of ether oxygens (including phenoxy) is 1. The van der Waals surface area contributed by atoms with Crippen LogP contribution in [0.5, 0.6) is 5.75 Å². The molecule has 0 aliphatic carbocycles. The number of hydrogen-bond donors (Lipinski definition) is 1. The van der Waals surface area contributed by atoms with Crippen LogP contribution in [0.3, 0.4) is 0 Å². The number of rotatable bonds is 3. The second kappa shape index (κ2) is 4.89. The minimum Gasteiger partial charge on any atom is -0.488 e. The molecule has 1 aromatic heterocycles. The highest BCUT2D eigenvalue weighted by atomic mass is 16.5. The molecule has 1 aromatic carbocycles. The lowest BCUT2D eigenvalue weighted by molar-refractivity contribution is 0.246. The van der Waals surface area contributed by atoms with E-state index in [9.17, 15) is 5.26 Å². The van der Waals surface area contributed by atoms with Crippen LogP contribution < -0.4 is 10.1 Å². The van der Waals surface area contributed by atoms with Crippen molar-refractivity contribution in [3.63, 3.8) is 0 Å². The minimum absolute atomic E-state index is 0.0918. The molecular formula is C15H16N4O. The average Bonchev–Trinajstić information content (AvgIpc) is 2.96. The van der Waals surface area contributed by atoms with Crippen molar-refractivity contribution in [2.24, 2.45) is 7.05 Å². The topological polar surface area (TPSA) is 62.9 Å². The number of benzene rings is 1. The molecule has 5 heteroatoms. The van der Waals surface area contributed by atoms with Gasteiger partial charge in [0.05, 0.1) is 12.2 Å². The van der Waals surface area contributed by atoms with Gasteiger partial charge in [-0.25, -0.2) is 0 Å². The lowest BCUT2D eigenvalue weighted by Crippen LogP contribution is -2.25. The van der Waals surface area contributed by atoms with E-state index in [2.05, 4.69) is 22.6 Å². The molecule has 1 atom stereocenters. The molecule has 0 fully saturated rings. The van der Waals surface area contributed by atoms with Crippen molar-refractivity contribution in [1.29, 1.82) is 5.26 Å². The SMILES string of the molecule is Cc1nn(C)c(NCC2Cc3ccccc3O2)c1C#N. The zero-order chi connectivity index (χ0) is 14.1. The summed E-state index contributed by atoms with van der Waals surface area (Å²) in [5, 5.41) is 16.7.